The fourth-order valence-electron chi connectivity index (χ4n) is 3.70. The van der Waals surface area contributed by atoms with Crippen molar-refractivity contribution < 1.29 is 13.9 Å². The predicted octanol–water partition coefficient (Wildman–Crippen LogP) is 4.03. The van der Waals surface area contributed by atoms with Crippen molar-refractivity contribution in [3.05, 3.63) is 66.2 Å². The van der Waals surface area contributed by atoms with Crippen molar-refractivity contribution >= 4 is 17.7 Å². The quantitative estimate of drug-likeness (QED) is 0.520. The number of halogens is 1. The summed E-state index contributed by atoms with van der Waals surface area (Å²) < 4.78 is 21.3. The lowest BCUT2D eigenvalue weighted by molar-refractivity contribution is -0.119. The van der Waals surface area contributed by atoms with Crippen LogP contribution in [-0.2, 0) is 11.4 Å². The van der Waals surface area contributed by atoms with Crippen LogP contribution in [0.1, 0.15) is 31.5 Å². The van der Waals surface area contributed by atoms with E-state index in [1.54, 1.807) is 22.8 Å². The van der Waals surface area contributed by atoms with Crippen molar-refractivity contribution in [1.29, 1.82) is 5.26 Å². The summed E-state index contributed by atoms with van der Waals surface area (Å²) in [6, 6.07) is 17.9. The molecule has 1 aromatic heterocycles. The second kappa shape index (κ2) is 9.83. The van der Waals surface area contributed by atoms with Crippen LogP contribution in [0.15, 0.2) is 59.8 Å². The molecular formula is C23H22FN5O2S. The zero-order valence-electron chi connectivity index (χ0n) is 17.3. The first kappa shape index (κ1) is 21.8. The molecule has 0 spiro atoms. The van der Waals surface area contributed by atoms with Crippen molar-refractivity contribution in [2.45, 2.75) is 43.0 Å². The van der Waals surface area contributed by atoms with Gasteiger partial charge in [0, 0.05) is 5.69 Å². The Labute approximate surface area is 189 Å². The number of hydrogen-bond donors (Lipinski definition) is 1. The lowest BCUT2D eigenvalue weighted by Crippen LogP contribution is -2.45. The molecule has 0 atom stereocenters. The number of benzene rings is 2. The van der Waals surface area contributed by atoms with E-state index in [1.165, 1.54) is 17.8 Å². The SMILES string of the molecule is N#CC1(NC(=O)CSc2nnc(COc3ccccc3F)n2-c2ccccc2)CCCC1. The van der Waals surface area contributed by atoms with E-state index in [4.69, 9.17) is 4.74 Å². The number of carbonyl (C=O) groups excluding carboxylic acids is 1. The molecule has 0 radical (unpaired) electrons. The molecule has 0 saturated heterocycles. The van der Waals surface area contributed by atoms with Gasteiger partial charge in [-0.1, -0.05) is 42.1 Å². The van der Waals surface area contributed by atoms with Crippen LogP contribution < -0.4 is 10.1 Å². The monoisotopic (exact) mass is 451 g/mol. The van der Waals surface area contributed by atoms with E-state index in [1.807, 2.05) is 30.3 Å². The largest absolute Gasteiger partial charge is 0.483 e. The number of amides is 1. The van der Waals surface area contributed by atoms with Crippen molar-refractivity contribution in [1.82, 2.24) is 20.1 Å². The Hall–Kier alpha value is -3.38. The molecule has 0 bridgehead atoms. The molecule has 1 amide bonds. The molecule has 1 aliphatic rings. The van der Waals surface area contributed by atoms with E-state index >= 15 is 0 Å². The summed E-state index contributed by atoms with van der Waals surface area (Å²) in [5, 5.41) is 21.3. The third kappa shape index (κ3) is 4.92. The van der Waals surface area contributed by atoms with Gasteiger partial charge in [-0.25, -0.2) is 4.39 Å². The molecule has 2 aromatic carbocycles. The molecule has 1 heterocycles. The number of para-hydroxylation sites is 2. The smallest absolute Gasteiger partial charge is 0.231 e. The summed E-state index contributed by atoms with van der Waals surface area (Å²) in [4.78, 5) is 12.5. The molecule has 32 heavy (non-hydrogen) atoms. The Balaban J connectivity index is 1.50. The van der Waals surface area contributed by atoms with Gasteiger partial charge >= 0.3 is 0 Å². The molecule has 0 unspecified atom stereocenters. The van der Waals surface area contributed by atoms with Crippen molar-refractivity contribution in [2.24, 2.45) is 0 Å². The van der Waals surface area contributed by atoms with Crippen LogP contribution in [0.25, 0.3) is 5.69 Å². The maximum Gasteiger partial charge on any atom is 0.231 e. The Morgan fingerprint density at radius 1 is 1.16 bits per heavy atom. The highest BCUT2D eigenvalue weighted by atomic mass is 32.2. The van der Waals surface area contributed by atoms with E-state index in [9.17, 15) is 14.4 Å². The average Bonchev–Trinajstić information content (AvgIpc) is 3.45. The van der Waals surface area contributed by atoms with E-state index in [0.717, 1.165) is 18.5 Å². The van der Waals surface area contributed by atoms with Crippen LogP contribution in [0, 0.1) is 17.1 Å². The van der Waals surface area contributed by atoms with Gasteiger partial charge < -0.3 is 10.1 Å². The van der Waals surface area contributed by atoms with Crippen LogP contribution in [-0.4, -0.2) is 32.0 Å². The number of aromatic nitrogens is 3. The maximum atomic E-state index is 13.9. The van der Waals surface area contributed by atoms with Crippen molar-refractivity contribution in [2.75, 3.05) is 5.75 Å². The highest BCUT2D eigenvalue weighted by Crippen LogP contribution is 2.29. The summed E-state index contributed by atoms with van der Waals surface area (Å²) in [7, 11) is 0. The number of thioether (sulfide) groups is 1. The van der Waals surface area contributed by atoms with Gasteiger partial charge in [0.15, 0.2) is 22.5 Å². The van der Waals surface area contributed by atoms with Crippen LogP contribution in [0.3, 0.4) is 0 Å². The number of nitrogens with one attached hydrogen (secondary N) is 1. The topological polar surface area (TPSA) is 92.8 Å². The number of nitrogens with zero attached hydrogens (tertiary/aromatic N) is 4. The minimum absolute atomic E-state index is 0.00707. The van der Waals surface area contributed by atoms with Crippen molar-refractivity contribution in [3.8, 4) is 17.5 Å². The molecule has 1 N–H and O–H groups in total. The fourth-order valence-corrected chi connectivity index (χ4v) is 4.47. The second-order valence-electron chi connectivity index (χ2n) is 7.53. The molecule has 1 saturated carbocycles. The molecule has 4 rings (SSSR count). The van der Waals surface area contributed by atoms with E-state index in [0.29, 0.717) is 23.8 Å². The predicted molar refractivity (Wildman–Crippen MR) is 118 cm³/mol. The summed E-state index contributed by atoms with van der Waals surface area (Å²) >= 11 is 1.23. The Bertz CT molecular complexity index is 1120. The molecule has 9 heteroatoms. The molecule has 7 nitrogen and oxygen atoms in total. The fraction of sp³-hybridized carbons (Fsp3) is 0.304. The van der Waals surface area contributed by atoms with Crippen LogP contribution >= 0.6 is 11.8 Å². The average molecular weight is 452 g/mol. The number of nitriles is 1. The first-order valence-corrected chi connectivity index (χ1v) is 11.3. The standard InChI is InChI=1S/C23H22FN5O2S/c24-18-10-4-5-11-19(18)31-14-20-27-28-22(29(20)17-8-2-1-3-9-17)32-15-21(30)26-23(16-25)12-6-7-13-23/h1-5,8-11H,6-7,12-15H2,(H,26,30). The highest BCUT2D eigenvalue weighted by molar-refractivity contribution is 7.99. The molecule has 0 aliphatic heterocycles. The Kier molecular flexibility index (Phi) is 6.71. The van der Waals surface area contributed by atoms with Crippen LogP contribution in [0.4, 0.5) is 4.39 Å². The number of ether oxygens (including phenoxy) is 1. The summed E-state index contributed by atoms with van der Waals surface area (Å²) in [5.41, 5.74) is 0.0422. The van der Waals surface area contributed by atoms with Gasteiger partial charge in [-0.2, -0.15) is 5.26 Å². The van der Waals surface area contributed by atoms with Crippen LogP contribution in [0.5, 0.6) is 5.75 Å². The zero-order valence-corrected chi connectivity index (χ0v) is 18.1. The summed E-state index contributed by atoms with van der Waals surface area (Å²) in [6.07, 6.45) is 3.23. The third-order valence-corrected chi connectivity index (χ3v) is 6.22. The molecule has 3 aromatic rings. The second-order valence-corrected chi connectivity index (χ2v) is 8.47. The van der Waals surface area contributed by atoms with E-state index < -0.39 is 11.4 Å². The minimum atomic E-state index is -0.760. The van der Waals surface area contributed by atoms with Gasteiger partial charge in [-0.05, 0) is 49.9 Å². The first-order valence-electron chi connectivity index (χ1n) is 10.3. The number of hydrogen-bond acceptors (Lipinski definition) is 6. The van der Waals surface area contributed by atoms with Crippen LogP contribution in [0.2, 0.25) is 0 Å². The number of carbonyl (C=O) groups is 1. The molecular weight excluding hydrogens is 429 g/mol. The Morgan fingerprint density at radius 3 is 2.59 bits per heavy atom. The maximum absolute atomic E-state index is 13.9. The highest BCUT2D eigenvalue weighted by Gasteiger charge is 2.35. The first-order chi connectivity index (χ1) is 15.6. The summed E-state index contributed by atoms with van der Waals surface area (Å²) in [5.74, 6) is 0.0320. The van der Waals surface area contributed by atoms with Crippen molar-refractivity contribution in [3.63, 3.8) is 0 Å². The van der Waals surface area contributed by atoms with Gasteiger partial charge in [0.05, 0.1) is 11.8 Å². The lowest BCUT2D eigenvalue weighted by atomic mass is 10.0. The number of rotatable bonds is 8. The van der Waals surface area contributed by atoms with Gasteiger partial charge in [-0.3, -0.25) is 9.36 Å². The normalized spacial score (nSPS) is 14.6. The van der Waals surface area contributed by atoms with Gasteiger partial charge in [-0.15, -0.1) is 10.2 Å². The minimum Gasteiger partial charge on any atom is -0.483 e. The lowest BCUT2D eigenvalue weighted by Gasteiger charge is -2.21. The molecule has 1 fully saturated rings. The molecule has 1 aliphatic carbocycles. The van der Waals surface area contributed by atoms with E-state index in [-0.39, 0.29) is 24.0 Å². The Morgan fingerprint density at radius 2 is 1.88 bits per heavy atom. The van der Waals surface area contributed by atoms with E-state index in [2.05, 4.69) is 21.6 Å². The van der Waals surface area contributed by atoms with Gasteiger partial charge in [0.25, 0.3) is 0 Å². The zero-order chi connectivity index (χ0) is 22.4. The van der Waals surface area contributed by atoms with Gasteiger partial charge in [0.1, 0.15) is 12.1 Å². The van der Waals surface area contributed by atoms with Gasteiger partial charge in [0.2, 0.25) is 5.91 Å². The molecule has 164 valence electrons. The third-order valence-electron chi connectivity index (χ3n) is 5.29. The summed E-state index contributed by atoms with van der Waals surface area (Å²) in [6.45, 7) is 0.00707.